The van der Waals surface area contributed by atoms with E-state index in [1.165, 1.54) is 14.2 Å². The Balaban J connectivity index is 2.59. The molecule has 1 aromatic rings. The number of rotatable bonds is 5. The number of carbonyl (C=O) groups is 2. The summed E-state index contributed by atoms with van der Waals surface area (Å²) in [5.41, 5.74) is 1.18. The molecule has 2 rings (SSSR count). The highest BCUT2D eigenvalue weighted by Crippen LogP contribution is 2.39. The zero-order chi connectivity index (χ0) is 17.9. The summed E-state index contributed by atoms with van der Waals surface area (Å²) in [7, 11) is 2.78. The molecule has 1 heterocycles. The fourth-order valence-electron chi connectivity index (χ4n) is 2.51. The number of hydrogen-bond acceptors (Lipinski definition) is 5. The van der Waals surface area contributed by atoms with Crippen molar-refractivity contribution in [2.75, 3.05) is 20.8 Å². The van der Waals surface area contributed by atoms with Crippen LogP contribution in [0.1, 0.15) is 25.5 Å². The third-order valence-corrected chi connectivity index (χ3v) is 3.90. The van der Waals surface area contributed by atoms with Crippen LogP contribution in [0.3, 0.4) is 0 Å². The average Bonchev–Trinajstić information content (AvgIpc) is 2.54. The maximum absolute atomic E-state index is 12.1. The van der Waals surface area contributed by atoms with Crippen molar-refractivity contribution < 1.29 is 23.8 Å². The zero-order valence-corrected chi connectivity index (χ0v) is 14.6. The molecule has 1 atom stereocenters. The first-order valence-electron chi connectivity index (χ1n) is 7.29. The Morgan fingerprint density at radius 1 is 1.29 bits per heavy atom. The number of amides is 2. The topological polar surface area (TPSA) is 85.9 Å². The molecule has 1 aromatic carbocycles. The third kappa shape index (κ3) is 3.41. The second-order valence-corrected chi connectivity index (χ2v) is 5.43. The average molecular weight is 355 g/mol. The lowest BCUT2D eigenvalue weighted by atomic mass is 9.95. The largest absolute Gasteiger partial charge is 0.493 e. The van der Waals surface area contributed by atoms with Crippen molar-refractivity contribution in [2.24, 2.45) is 0 Å². The summed E-state index contributed by atoms with van der Waals surface area (Å²) in [4.78, 5) is 24.0. The summed E-state index contributed by atoms with van der Waals surface area (Å²) >= 11 is 6.34. The lowest BCUT2D eigenvalue weighted by molar-refractivity contribution is -0.136. The number of nitrogens with one attached hydrogen (secondary N) is 2. The fraction of sp³-hybridized carbons (Fsp3) is 0.375. The molecular weight excluding hydrogens is 336 g/mol. The van der Waals surface area contributed by atoms with E-state index in [9.17, 15) is 9.59 Å². The van der Waals surface area contributed by atoms with Crippen LogP contribution in [0.5, 0.6) is 11.5 Å². The number of urea groups is 1. The molecule has 24 heavy (non-hydrogen) atoms. The molecule has 0 unspecified atom stereocenters. The highest BCUT2D eigenvalue weighted by molar-refractivity contribution is 6.31. The van der Waals surface area contributed by atoms with Gasteiger partial charge in [-0.15, -0.1) is 0 Å². The monoisotopic (exact) mass is 354 g/mol. The fourth-order valence-corrected chi connectivity index (χ4v) is 2.77. The summed E-state index contributed by atoms with van der Waals surface area (Å²) in [6, 6.07) is 2.04. The van der Waals surface area contributed by atoms with Gasteiger partial charge in [-0.3, -0.25) is 0 Å². The number of halogens is 1. The van der Waals surface area contributed by atoms with Gasteiger partial charge in [0.15, 0.2) is 11.5 Å². The van der Waals surface area contributed by atoms with Crippen molar-refractivity contribution in [3.05, 3.63) is 34.0 Å². The first-order valence-corrected chi connectivity index (χ1v) is 7.67. The van der Waals surface area contributed by atoms with Crippen LogP contribution >= 0.6 is 11.6 Å². The van der Waals surface area contributed by atoms with Gasteiger partial charge in [-0.2, -0.15) is 0 Å². The molecule has 0 fully saturated rings. The number of ether oxygens (including phenoxy) is 3. The number of carbonyl (C=O) groups excluding carboxylic acids is 2. The Bertz CT molecular complexity index is 702. The highest BCUT2D eigenvalue weighted by atomic mass is 35.5. The van der Waals surface area contributed by atoms with E-state index >= 15 is 0 Å². The van der Waals surface area contributed by atoms with Gasteiger partial charge in [-0.05, 0) is 19.9 Å². The van der Waals surface area contributed by atoms with E-state index in [2.05, 4.69) is 10.6 Å². The van der Waals surface area contributed by atoms with Gasteiger partial charge in [0.25, 0.3) is 0 Å². The quantitative estimate of drug-likeness (QED) is 0.794. The second kappa shape index (κ2) is 7.44. The minimum atomic E-state index is -0.760. The van der Waals surface area contributed by atoms with E-state index in [4.69, 9.17) is 25.8 Å². The van der Waals surface area contributed by atoms with Crippen molar-refractivity contribution >= 4 is 23.6 Å². The Hall–Kier alpha value is -2.41. The molecule has 1 aliphatic heterocycles. The zero-order valence-electron chi connectivity index (χ0n) is 13.9. The van der Waals surface area contributed by atoms with E-state index in [0.717, 1.165) is 0 Å². The smallest absolute Gasteiger partial charge is 0.337 e. The molecule has 0 bridgehead atoms. The number of methoxy groups -OCH3 is 2. The van der Waals surface area contributed by atoms with Crippen LogP contribution < -0.4 is 20.1 Å². The van der Waals surface area contributed by atoms with E-state index in [1.807, 2.05) is 6.92 Å². The number of benzene rings is 1. The number of esters is 1. The maximum Gasteiger partial charge on any atom is 0.337 e. The number of allylic oxidation sites excluding steroid dienone is 1. The third-order valence-electron chi connectivity index (χ3n) is 3.57. The Morgan fingerprint density at radius 2 is 2.00 bits per heavy atom. The van der Waals surface area contributed by atoms with Crippen LogP contribution in [-0.4, -0.2) is 32.8 Å². The second-order valence-electron chi connectivity index (χ2n) is 5.02. The van der Waals surface area contributed by atoms with E-state index < -0.39 is 18.0 Å². The predicted octanol–water partition coefficient (Wildman–Crippen LogP) is 2.55. The molecular formula is C16H19ClN2O5. The van der Waals surface area contributed by atoms with Gasteiger partial charge in [-0.25, -0.2) is 9.59 Å². The Labute approximate surface area is 144 Å². The molecule has 0 saturated heterocycles. The van der Waals surface area contributed by atoms with E-state index in [1.54, 1.807) is 19.1 Å². The van der Waals surface area contributed by atoms with Crippen LogP contribution in [0.2, 0.25) is 5.02 Å². The Kier molecular flexibility index (Phi) is 5.56. The van der Waals surface area contributed by atoms with Gasteiger partial charge >= 0.3 is 12.0 Å². The van der Waals surface area contributed by atoms with E-state index in [0.29, 0.717) is 34.4 Å². The minimum absolute atomic E-state index is 0.270. The first-order chi connectivity index (χ1) is 11.4. The molecule has 0 spiro atoms. The van der Waals surface area contributed by atoms with Crippen molar-refractivity contribution in [3.63, 3.8) is 0 Å². The molecule has 7 nitrogen and oxygen atoms in total. The van der Waals surface area contributed by atoms with Crippen molar-refractivity contribution in [3.8, 4) is 11.5 Å². The molecule has 130 valence electrons. The molecule has 0 saturated carbocycles. The standard InChI is InChI=1S/C16H19ClN2O5/c1-5-24-12-6-9(10(17)7-11(12)22-3)14-13(15(20)23-4)8(2)18-16(21)19-14/h6-7,14H,5H2,1-4H3,(H2,18,19,21)/t14-/m1/s1. The summed E-state index contributed by atoms with van der Waals surface area (Å²) in [5, 5.41) is 5.57. The van der Waals surface area contributed by atoms with Gasteiger partial charge in [0.1, 0.15) is 0 Å². The van der Waals surface area contributed by atoms with Crippen molar-refractivity contribution in [2.45, 2.75) is 19.9 Å². The van der Waals surface area contributed by atoms with Crippen LogP contribution in [0.15, 0.2) is 23.4 Å². The molecule has 8 heteroatoms. The van der Waals surface area contributed by atoms with Crippen LogP contribution in [0.4, 0.5) is 4.79 Å². The molecule has 0 radical (unpaired) electrons. The molecule has 2 N–H and O–H groups in total. The van der Waals surface area contributed by atoms with Crippen LogP contribution in [0, 0.1) is 0 Å². The molecule has 0 aliphatic carbocycles. The lowest BCUT2D eigenvalue weighted by Crippen LogP contribution is -2.45. The lowest BCUT2D eigenvalue weighted by Gasteiger charge is -2.28. The van der Waals surface area contributed by atoms with Gasteiger partial charge in [0.2, 0.25) is 0 Å². The SMILES string of the molecule is CCOc1cc([C@H]2NC(=O)NC(C)=C2C(=O)OC)c(Cl)cc1OC. The summed E-state index contributed by atoms with van der Waals surface area (Å²) in [5.74, 6) is 0.370. The number of hydrogen-bond donors (Lipinski definition) is 2. The van der Waals surface area contributed by atoms with Crippen LogP contribution in [0.25, 0.3) is 0 Å². The van der Waals surface area contributed by atoms with Gasteiger partial charge in [0.05, 0.1) is 37.5 Å². The van der Waals surface area contributed by atoms with Crippen molar-refractivity contribution in [1.82, 2.24) is 10.6 Å². The maximum atomic E-state index is 12.1. The minimum Gasteiger partial charge on any atom is -0.493 e. The van der Waals surface area contributed by atoms with Gasteiger partial charge in [-0.1, -0.05) is 11.6 Å². The van der Waals surface area contributed by atoms with Gasteiger partial charge in [0, 0.05) is 17.3 Å². The molecule has 0 aromatic heterocycles. The van der Waals surface area contributed by atoms with Crippen molar-refractivity contribution in [1.29, 1.82) is 0 Å². The first kappa shape index (κ1) is 17.9. The van der Waals surface area contributed by atoms with Crippen LogP contribution in [-0.2, 0) is 9.53 Å². The summed E-state index contributed by atoms with van der Waals surface area (Å²) in [6.07, 6.45) is 0. The Morgan fingerprint density at radius 3 is 2.58 bits per heavy atom. The predicted molar refractivity (Wildman–Crippen MR) is 88.3 cm³/mol. The normalized spacial score (nSPS) is 17.0. The van der Waals surface area contributed by atoms with E-state index in [-0.39, 0.29) is 5.57 Å². The summed E-state index contributed by atoms with van der Waals surface area (Å²) in [6.45, 7) is 3.89. The van der Waals surface area contributed by atoms with Gasteiger partial charge < -0.3 is 24.8 Å². The highest BCUT2D eigenvalue weighted by Gasteiger charge is 2.33. The molecule has 2 amide bonds. The molecule has 1 aliphatic rings. The summed E-state index contributed by atoms with van der Waals surface area (Å²) < 4.78 is 15.6.